The average Bonchev–Trinajstić information content (AvgIpc) is 3.63. The molecule has 2 aromatic carbocycles. The van der Waals surface area contributed by atoms with Crippen molar-refractivity contribution in [2.75, 3.05) is 53.6 Å². The third-order valence-electron chi connectivity index (χ3n) is 8.76. The summed E-state index contributed by atoms with van der Waals surface area (Å²) in [6.07, 6.45) is 0. The number of likely N-dealkylation sites (N-methyl/N-ethyl adjacent to an activating group) is 2. The average molecular weight is 705 g/mol. The quantitative estimate of drug-likeness (QED) is 0.113. The number of hydrogen-bond donors (Lipinski definition) is 0. The van der Waals surface area contributed by atoms with E-state index in [1.165, 1.54) is 0 Å². The molecule has 0 saturated heterocycles. The van der Waals surface area contributed by atoms with Gasteiger partial charge in [-0.05, 0) is 38.1 Å². The number of ketones is 2. The van der Waals surface area contributed by atoms with Gasteiger partial charge in [0.05, 0.1) is 38.5 Å². The van der Waals surface area contributed by atoms with Crippen molar-refractivity contribution in [3.05, 3.63) is 47.8 Å². The van der Waals surface area contributed by atoms with Gasteiger partial charge in [0.25, 0.3) is 0 Å². The van der Waals surface area contributed by atoms with Gasteiger partial charge in [0.1, 0.15) is 36.0 Å². The van der Waals surface area contributed by atoms with Gasteiger partial charge in [0, 0.05) is 59.9 Å². The Hall–Kier alpha value is -4.78. The Morgan fingerprint density at radius 2 is 1.02 bits per heavy atom. The lowest BCUT2D eigenvalue weighted by molar-refractivity contribution is -0.132. The molecule has 51 heavy (non-hydrogen) atoms. The highest BCUT2D eigenvalue weighted by Crippen LogP contribution is 2.30. The van der Waals surface area contributed by atoms with E-state index in [1.54, 1.807) is 69.8 Å². The van der Waals surface area contributed by atoms with Crippen LogP contribution in [0.1, 0.15) is 76.4 Å². The number of rotatable bonds is 16. The number of amides is 2. The van der Waals surface area contributed by atoms with Crippen LogP contribution in [-0.2, 0) is 27.4 Å². The first-order chi connectivity index (χ1) is 24.0. The number of nitrogens with zero attached hydrogens (tertiary/aromatic N) is 6. The Morgan fingerprint density at radius 1 is 0.647 bits per heavy atom. The maximum Gasteiger partial charge on any atom is 0.244 e. The number of carbonyl (C=O) groups excluding carboxylic acids is 4. The molecule has 0 aliphatic rings. The van der Waals surface area contributed by atoms with Crippen molar-refractivity contribution in [2.24, 2.45) is 10.8 Å². The maximum absolute atomic E-state index is 13.4. The zero-order valence-corrected chi connectivity index (χ0v) is 31.7. The summed E-state index contributed by atoms with van der Waals surface area (Å²) in [5.41, 5.74) is 0.664. The third-order valence-corrected chi connectivity index (χ3v) is 8.76. The summed E-state index contributed by atoms with van der Waals surface area (Å²) in [4.78, 5) is 56.6. The predicted molar refractivity (Wildman–Crippen MR) is 195 cm³/mol. The van der Waals surface area contributed by atoms with Gasteiger partial charge in [0.15, 0.2) is 11.6 Å². The van der Waals surface area contributed by atoms with E-state index in [1.807, 2.05) is 55.4 Å². The fourth-order valence-electron chi connectivity index (χ4n) is 5.67. The fourth-order valence-corrected chi connectivity index (χ4v) is 5.67. The molecule has 276 valence electrons. The Morgan fingerprint density at radius 3 is 1.33 bits per heavy atom. The molecule has 0 aliphatic heterocycles. The van der Waals surface area contributed by atoms with Crippen molar-refractivity contribution in [2.45, 2.75) is 68.5 Å². The molecule has 0 N–H and O–H groups in total. The van der Waals surface area contributed by atoms with Crippen molar-refractivity contribution in [3.63, 3.8) is 0 Å². The van der Waals surface area contributed by atoms with Crippen LogP contribution in [0, 0.1) is 10.8 Å². The predicted octanol–water partition coefficient (Wildman–Crippen LogP) is 5.27. The van der Waals surface area contributed by atoms with Crippen LogP contribution in [-0.4, -0.2) is 106 Å². The molecule has 4 aromatic rings. The topological polar surface area (TPSA) is 138 Å². The largest absolute Gasteiger partial charge is 0.497 e. The van der Waals surface area contributed by atoms with Gasteiger partial charge >= 0.3 is 0 Å². The van der Waals surface area contributed by atoms with E-state index in [-0.39, 0.29) is 49.7 Å². The molecule has 0 saturated carbocycles. The van der Waals surface area contributed by atoms with Gasteiger partial charge in [0.2, 0.25) is 11.8 Å². The van der Waals surface area contributed by atoms with Crippen molar-refractivity contribution in [1.29, 1.82) is 0 Å². The molecule has 0 spiro atoms. The zero-order chi connectivity index (χ0) is 37.7. The smallest absolute Gasteiger partial charge is 0.244 e. The highest BCUT2D eigenvalue weighted by molar-refractivity contribution is 6.09. The van der Waals surface area contributed by atoms with Gasteiger partial charge in [-0.15, -0.1) is 0 Å². The van der Waals surface area contributed by atoms with Crippen molar-refractivity contribution in [3.8, 4) is 11.5 Å². The second-order valence-electron chi connectivity index (χ2n) is 14.5. The lowest BCUT2D eigenvalue weighted by Crippen LogP contribution is -2.38. The van der Waals surface area contributed by atoms with Gasteiger partial charge in [-0.3, -0.25) is 28.5 Å². The first-order valence-corrected chi connectivity index (χ1v) is 17.4. The number of fused-ring (bicyclic) bond motifs is 2. The number of methoxy groups -OCH3 is 2. The number of aromatic nitrogens is 4. The van der Waals surface area contributed by atoms with Crippen molar-refractivity contribution in [1.82, 2.24) is 29.4 Å². The van der Waals surface area contributed by atoms with E-state index in [2.05, 4.69) is 10.2 Å². The van der Waals surface area contributed by atoms with E-state index in [4.69, 9.17) is 14.2 Å². The molecule has 2 amide bonds. The third kappa shape index (κ3) is 8.94. The molecule has 13 nitrogen and oxygen atoms in total. The molecule has 2 heterocycles. The highest BCUT2D eigenvalue weighted by Gasteiger charge is 2.30. The Balaban J connectivity index is 1.37. The van der Waals surface area contributed by atoms with Crippen LogP contribution >= 0.6 is 0 Å². The van der Waals surface area contributed by atoms with Crippen molar-refractivity contribution < 1.29 is 33.4 Å². The molecular weight excluding hydrogens is 652 g/mol. The maximum atomic E-state index is 13.4. The number of Topliss-reactive ketones (excluding diaryl/α,β-unsaturated/α-hetero) is 2. The molecule has 13 heteroatoms. The van der Waals surface area contributed by atoms with Crippen molar-refractivity contribution >= 4 is 45.2 Å². The minimum atomic E-state index is -0.640. The summed E-state index contributed by atoms with van der Waals surface area (Å²) < 4.78 is 19.8. The summed E-state index contributed by atoms with van der Waals surface area (Å²) in [7, 11) is 3.13. The van der Waals surface area contributed by atoms with Crippen LogP contribution in [0.2, 0.25) is 0 Å². The molecular formula is C38H52N6O7. The van der Waals surface area contributed by atoms with Crippen LogP contribution in [0.15, 0.2) is 36.4 Å². The van der Waals surface area contributed by atoms with Crippen LogP contribution in [0.25, 0.3) is 21.8 Å². The van der Waals surface area contributed by atoms with E-state index in [9.17, 15) is 19.2 Å². The lowest BCUT2D eigenvalue weighted by atomic mass is 9.88. The first-order valence-electron chi connectivity index (χ1n) is 17.4. The highest BCUT2D eigenvalue weighted by atomic mass is 16.5. The number of ether oxygens (including phenoxy) is 3. The van der Waals surface area contributed by atoms with Crippen LogP contribution in [0.5, 0.6) is 11.5 Å². The van der Waals surface area contributed by atoms with E-state index >= 15 is 0 Å². The van der Waals surface area contributed by atoms with Gasteiger partial charge in [-0.1, -0.05) is 41.5 Å². The standard InChI is InChI=1S/C38H52N6O7/c1-11-41(31(45)23-43-29-21-25(49-9)13-15-27(29)33(39-43)35(47)37(3,4)5)17-19-51-20-18-42(12-2)32(46)24-44-30-22-26(50-10)14-16-28(30)34(40-44)36(48)38(6,7)8/h13-16,21-22H,11-12,17-20,23-24H2,1-10H3. The molecule has 0 fully saturated rings. The van der Waals surface area contributed by atoms with E-state index in [0.717, 1.165) is 0 Å². The Kier molecular flexibility index (Phi) is 12.3. The molecule has 0 atom stereocenters. The molecule has 0 aliphatic carbocycles. The molecule has 4 rings (SSSR count). The van der Waals surface area contributed by atoms with Crippen LogP contribution < -0.4 is 9.47 Å². The Labute approximate surface area is 299 Å². The molecule has 2 aromatic heterocycles. The number of carbonyl (C=O) groups is 4. The summed E-state index contributed by atoms with van der Waals surface area (Å²) in [6, 6.07) is 10.7. The summed E-state index contributed by atoms with van der Waals surface area (Å²) >= 11 is 0. The summed E-state index contributed by atoms with van der Waals surface area (Å²) in [5.74, 6) is 0.655. The van der Waals surface area contributed by atoms with E-state index < -0.39 is 10.8 Å². The zero-order valence-electron chi connectivity index (χ0n) is 31.7. The van der Waals surface area contributed by atoms with Crippen LogP contribution in [0.4, 0.5) is 0 Å². The SMILES string of the molecule is CCN(CCOCCN(CC)C(=O)Cn1nc(C(=O)C(C)(C)C)c2ccc(OC)cc21)C(=O)Cn1nc(C(=O)C(C)(C)C)c2ccc(OC)cc21. The molecule has 0 bridgehead atoms. The molecule has 0 unspecified atom stereocenters. The van der Waals surface area contributed by atoms with Crippen LogP contribution in [0.3, 0.4) is 0 Å². The van der Waals surface area contributed by atoms with Gasteiger partial charge < -0.3 is 24.0 Å². The summed E-state index contributed by atoms with van der Waals surface area (Å²) in [5, 5.41) is 10.5. The first kappa shape index (κ1) is 39.0. The fraction of sp³-hybridized carbons (Fsp3) is 0.526. The normalized spacial score (nSPS) is 12.0. The second-order valence-corrected chi connectivity index (χ2v) is 14.5. The van der Waals surface area contributed by atoms with Gasteiger partial charge in [-0.25, -0.2) is 0 Å². The Bertz CT molecular complexity index is 1760. The van der Waals surface area contributed by atoms with Gasteiger partial charge in [-0.2, -0.15) is 10.2 Å². The minimum absolute atomic E-state index is 0.0515. The number of hydrogen-bond acceptors (Lipinski definition) is 9. The second kappa shape index (κ2) is 16.1. The number of benzene rings is 2. The lowest BCUT2D eigenvalue weighted by Gasteiger charge is -2.23. The molecule has 0 radical (unpaired) electrons. The summed E-state index contributed by atoms with van der Waals surface area (Å²) in [6.45, 7) is 16.9. The monoisotopic (exact) mass is 704 g/mol. The van der Waals surface area contributed by atoms with E-state index in [0.29, 0.717) is 70.9 Å². The minimum Gasteiger partial charge on any atom is -0.497 e.